The fraction of sp³-hybridized carbons (Fsp3) is 0.222. The van der Waals surface area contributed by atoms with Crippen molar-refractivity contribution < 1.29 is 13.0 Å². The summed E-state index contributed by atoms with van der Waals surface area (Å²) in [5.41, 5.74) is -0.559. The Labute approximate surface area is 79.4 Å². The molecule has 0 atom stereocenters. The Morgan fingerprint density at radius 2 is 1.91 bits per heavy atom. The molecule has 0 saturated heterocycles. The van der Waals surface area contributed by atoms with Gasteiger partial charge in [0.2, 0.25) is 0 Å². The fourth-order valence-electron chi connectivity index (χ4n) is 0.741. The summed E-state index contributed by atoms with van der Waals surface area (Å²) in [7, 11) is 0. The van der Waals surface area contributed by atoms with Crippen LogP contribution in [0, 0.1) is 13.7 Å². The minimum absolute atomic E-state index is 0.133. The normalized spacial score (nSPS) is 20.1. The lowest BCUT2D eigenvalue weighted by Gasteiger charge is -1.98. The van der Waals surface area contributed by atoms with Gasteiger partial charge in [0, 0.05) is 13.8 Å². The van der Waals surface area contributed by atoms with Crippen LogP contribution in [-0.2, 0) is 0 Å². The lowest BCUT2D eigenvalue weighted by Crippen LogP contribution is -1.90. The second kappa shape index (κ2) is 3.05. The first-order valence-electron chi connectivity index (χ1n) is 5.88. The van der Waals surface area contributed by atoms with E-state index in [-0.39, 0.29) is 16.7 Å². The van der Waals surface area contributed by atoms with Crippen LogP contribution in [0.5, 0.6) is 0 Å². The van der Waals surface area contributed by atoms with Gasteiger partial charge in [0.15, 0.2) is 0 Å². The van der Waals surface area contributed by atoms with Crippen molar-refractivity contribution in [3.63, 3.8) is 0 Å². The first-order chi connectivity index (χ1) is 7.51. The van der Waals surface area contributed by atoms with Crippen LogP contribution in [-0.4, -0.2) is 5.24 Å². The molecule has 1 aromatic carbocycles. The van der Waals surface area contributed by atoms with E-state index in [4.69, 9.17) is 19.8 Å². The quantitative estimate of drug-likeness (QED) is 0.599. The highest BCUT2D eigenvalue weighted by Crippen LogP contribution is 2.10. The minimum atomic E-state index is -2.48. The zero-order chi connectivity index (χ0) is 13.4. The standard InChI is InChI=1S/C9H9ClO/c1-6-3-7(2)5-8(4-6)9(10)11/h3-5H,1-2H3/i1D3,2D3. The Kier molecular flexibility index (Phi) is 0.910. The van der Waals surface area contributed by atoms with Gasteiger partial charge in [0.25, 0.3) is 5.24 Å². The van der Waals surface area contributed by atoms with E-state index >= 15 is 0 Å². The second-order valence-corrected chi connectivity index (χ2v) is 2.42. The summed E-state index contributed by atoms with van der Waals surface area (Å²) >= 11 is 5.24. The van der Waals surface area contributed by atoms with E-state index in [2.05, 4.69) is 0 Å². The highest BCUT2D eigenvalue weighted by molar-refractivity contribution is 6.67. The topological polar surface area (TPSA) is 17.1 Å². The van der Waals surface area contributed by atoms with Crippen molar-refractivity contribution in [2.45, 2.75) is 13.7 Å². The Hall–Kier alpha value is -0.820. The third-order valence-electron chi connectivity index (χ3n) is 1.16. The Morgan fingerprint density at radius 3 is 2.27 bits per heavy atom. The van der Waals surface area contributed by atoms with E-state index in [1.165, 1.54) is 0 Å². The first-order valence-corrected chi connectivity index (χ1v) is 3.25. The van der Waals surface area contributed by atoms with Crippen molar-refractivity contribution >= 4 is 16.8 Å². The van der Waals surface area contributed by atoms with Gasteiger partial charge >= 0.3 is 0 Å². The van der Waals surface area contributed by atoms with E-state index in [1.54, 1.807) is 0 Å². The number of carbonyl (C=O) groups is 1. The van der Waals surface area contributed by atoms with Gasteiger partial charge in [-0.3, -0.25) is 4.79 Å². The summed E-state index contributed by atoms with van der Waals surface area (Å²) in [5.74, 6) is 0. The molecule has 0 aromatic heterocycles. The largest absolute Gasteiger partial charge is 0.276 e. The summed E-state index contributed by atoms with van der Waals surface area (Å²) in [6, 6.07) is 3.21. The summed E-state index contributed by atoms with van der Waals surface area (Å²) in [6.45, 7) is -4.97. The number of halogens is 1. The highest BCUT2D eigenvalue weighted by atomic mass is 35.5. The molecule has 0 N–H and O–H groups in total. The maximum absolute atomic E-state index is 11.0. The first kappa shape index (κ1) is 3.28. The molecule has 0 fully saturated rings. The van der Waals surface area contributed by atoms with Crippen molar-refractivity contribution in [2.24, 2.45) is 0 Å². The van der Waals surface area contributed by atoms with Gasteiger partial charge in [-0.1, -0.05) is 17.2 Å². The van der Waals surface area contributed by atoms with Crippen molar-refractivity contribution in [2.75, 3.05) is 0 Å². The van der Waals surface area contributed by atoms with Gasteiger partial charge in [0.05, 0.1) is 0 Å². The maximum atomic E-state index is 11.0. The average molecular weight is 175 g/mol. The zero-order valence-electron chi connectivity index (χ0n) is 11.5. The Morgan fingerprint density at radius 1 is 1.36 bits per heavy atom. The van der Waals surface area contributed by atoms with Crippen LogP contribution in [0.1, 0.15) is 29.7 Å². The molecule has 0 aliphatic carbocycles. The van der Waals surface area contributed by atoms with Crippen LogP contribution >= 0.6 is 11.6 Å². The van der Waals surface area contributed by atoms with Crippen LogP contribution in [0.25, 0.3) is 0 Å². The van der Waals surface area contributed by atoms with E-state index in [0.717, 1.165) is 18.2 Å². The maximum Gasteiger partial charge on any atom is 0.252 e. The van der Waals surface area contributed by atoms with Gasteiger partial charge in [0.1, 0.15) is 0 Å². The van der Waals surface area contributed by atoms with E-state index < -0.39 is 18.9 Å². The molecule has 1 aromatic rings. The van der Waals surface area contributed by atoms with Crippen molar-refractivity contribution in [3.05, 3.63) is 34.9 Å². The number of hydrogen-bond donors (Lipinski definition) is 0. The van der Waals surface area contributed by atoms with Gasteiger partial charge in [-0.05, 0) is 37.4 Å². The molecule has 58 valence electrons. The number of hydrogen-bond acceptors (Lipinski definition) is 1. The van der Waals surface area contributed by atoms with Crippen molar-refractivity contribution in [1.29, 1.82) is 0 Å². The molecule has 0 heterocycles. The minimum Gasteiger partial charge on any atom is -0.276 e. The van der Waals surface area contributed by atoms with Crippen LogP contribution in [0.15, 0.2) is 18.2 Å². The third-order valence-corrected chi connectivity index (χ3v) is 1.38. The van der Waals surface area contributed by atoms with E-state index in [1.807, 2.05) is 0 Å². The predicted octanol–water partition coefficient (Wildman–Crippen LogP) is 2.68. The monoisotopic (exact) mass is 174 g/mol. The molecule has 1 nitrogen and oxygen atoms in total. The van der Waals surface area contributed by atoms with E-state index in [0.29, 0.717) is 0 Å². The van der Waals surface area contributed by atoms with E-state index in [9.17, 15) is 4.79 Å². The zero-order valence-corrected chi connectivity index (χ0v) is 6.27. The van der Waals surface area contributed by atoms with Crippen molar-refractivity contribution in [1.82, 2.24) is 0 Å². The summed E-state index contributed by atoms with van der Waals surface area (Å²) in [4.78, 5) is 11.0. The van der Waals surface area contributed by atoms with Crippen LogP contribution in [0.3, 0.4) is 0 Å². The smallest absolute Gasteiger partial charge is 0.252 e. The predicted molar refractivity (Wildman–Crippen MR) is 46.1 cm³/mol. The summed E-state index contributed by atoms with van der Waals surface area (Å²) in [5, 5.41) is -0.887. The molecule has 0 amide bonds. The molecule has 0 saturated carbocycles. The van der Waals surface area contributed by atoms with Crippen LogP contribution in [0.4, 0.5) is 0 Å². The Bertz CT molecular complexity index is 416. The highest BCUT2D eigenvalue weighted by Gasteiger charge is 2.01. The van der Waals surface area contributed by atoms with Crippen molar-refractivity contribution in [3.8, 4) is 0 Å². The molecular weight excluding hydrogens is 160 g/mol. The number of carbonyl (C=O) groups excluding carboxylic acids is 1. The Balaban J connectivity index is 3.45. The van der Waals surface area contributed by atoms with Gasteiger partial charge in [-0.25, -0.2) is 0 Å². The molecule has 0 unspecified atom stereocenters. The number of rotatable bonds is 1. The van der Waals surface area contributed by atoms with Gasteiger partial charge in [-0.2, -0.15) is 0 Å². The molecule has 0 aliphatic heterocycles. The average Bonchev–Trinajstić information content (AvgIpc) is 2.14. The molecule has 0 aliphatic rings. The molecule has 11 heavy (non-hydrogen) atoms. The molecule has 0 spiro atoms. The van der Waals surface area contributed by atoms with Gasteiger partial charge in [-0.15, -0.1) is 0 Å². The fourth-order valence-corrected chi connectivity index (χ4v) is 0.850. The summed E-state index contributed by atoms with van der Waals surface area (Å²) in [6.07, 6.45) is 0. The van der Waals surface area contributed by atoms with Gasteiger partial charge < -0.3 is 0 Å². The van der Waals surface area contributed by atoms with Crippen LogP contribution < -0.4 is 0 Å². The molecule has 1 rings (SSSR count). The lowest BCUT2D eigenvalue weighted by molar-refractivity contribution is 0.108. The summed E-state index contributed by atoms with van der Waals surface area (Å²) < 4.78 is 43.2. The molecular formula is C9H9ClO. The van der Waals surface area contributed by atoms with Crippen LogP contribution in [0.2, 0.25) is 0 Å². The number of benzene rings is 1. The number of aryl methyl sites for hydroxylation is 2. The molecule has 0 radical (unpaired) electrons. The third kappa shape index (κ3) is 2.05. The molecule has 2 heteroatoms. The lowest BCUT2D eigenvalue weighted by atomic mass is 10.1. The molecule has 0 bridgehead atoms. The second-order valence-electron chi connectivity index (χ2n) is 2.07. The SMILES string of the molecule is [2H]C([2H])([2H])c1cc(C(=O)Cl)cc(C([2H])([2H])[2H])c1.